The lowest BCUT2D eigenvalue weighted by atomic mass is 10.3. The summed E-state index contributed by atoms with van der Waals surface area (Å²) in [6, 6.07) is 4.02. The Hall–Kier alpha value is -1.73. The monoisotopic (exact) mass is 322 g/mol. The van der Waals surface area contributed by atoms with Crippen LogP contribution >= 0.6 is 23.6 Å². The van der Waals surface area contributed by atoms with Gasteiger partial charge in [-0.05, 0) is 11.4 Å². The van der Waals surface area contributed by atoms with Gasteiger partial charge in [-0.3, -0.25) is 4.79 Å². The Morgan fingerprint density at radius 3 is 3.00 bits per heavy atom. The van der Waals surface area contributed by atoms with Crippen LogP contribution in [0.1, 0.15) is 12.8 Å². The molecule has 2 N–H and O–H groups in total. The van der Waals surface area contributed by atoms with Crippen molar-refractivity contribution in [3.63, 3.8) is 0 Å². The summed E-state index contributed by atoms with van der Waals surface area (Å²) in [5, 5.41) is 2.02. The molecule has 0 saturated carbocycles. The van der Waals surface area contributed by atoms with Crippen molar-refractivity contribution in [3.8, 4) is 10.7 Å². The first-order valence-corrected chi connectivity index (χ1v) is 7.94. The van der Waals surface area contributed by atoms with Gasteiger partial charge in [-0.1, -0.05) is 18.3 Å². The number of amides is 1. The molecule has 2 heterocycles. The maximum Gasteiger partial charge on any atom is 0.224 e. The second kappa shape index (κ2) is 7.33. The van der Waals surface area contributed by atoms with Gasteiger partial charge in [0.05, 0.1) is 9.87 Å². The number of rotatable bonds is 7. The van der Waals surface area contributed by atoms with Crippen LogP contribution in [0.3, 0.4) is 0 Å². The predicted molar refractivity (Wildman–Crippen MR) is 89.2 cm³/mol. The van der Waals surface area contributed by atoms with Crippen molar-refractivity contribution in [2.45, 2.75) is 19.4 Å². The average Bonchev–Trinajstić information content (AvgIpc) is 3.11. The molecule has 21 heavy (non-hydrogen) atoms. The highest BCUT2D eigenvalue weighted by molar-refractivity contribution is 7.80. The van der Waals surface area contributed by atoms with Crippen LogP contribution in [0, 0.1) is 0 Å². The smallest absolute Gasteiger partial charge is 0.224 e. The van der Waals surface area contributed by atoms with Crippen LogP contribution in [-0.2, 0) is 11.3 Å². The summed E-state index contributed by atoms with van der Waals surface area (Å²) in [5.74, 6) is 0.987. The highest BCUT2D eigenvalue weighted by Gasteiger charge is 2.11. The highest BCUT2D eigenvalue weighted by atomic mass is 32.1. The number of nitrogens with two attached hydrogens (primary N) is 1. The summed E-state index contributed by atoms with van der Waals surface area (Å²) in [4.78, 5) is 19.6. The summed E-state index contributed by atoms with van der Waals surface area (Å²) in [6.45, 7) is 1.18. The second-order valence-corrected chi connectivity index (χ2v) is 6.18. The fourth-order valence-electron chi connectivity index (χ4n) is 1.93. The lowest BCUT2D eigenvalue weighted by molar-refractivity contribution is -0.130. The third-order valence-corrected chi connectivity index (χ3v) is 4.21. The van der Waals surface area contributed by atoms with Crippen molar-refractivity contribution >= 4 is 34.5 Å². The van der Waals surface area contributed by atoms with Crippen molar-refractivity contribution in [2.75, 3.05) is 13.6 Å². The van der Waals surface area contributed by atoms with Crippen LogP contribution in [0.2, 0.25) is 0 Å². The molecule has 0 aliphatic carbocycles. The molecule has 0 saturated heterocycles. The van der Waals surface area contributed by atoms with Crippen molar-refractivity contribution in [1.29, 1.82) is 0 Å². The standard InChI is InChI=1S/C14H18N4OS2/c1-17(7-4-12(15)20)13(19)5-8-18-9-6-16-14(18)11-3-2-10-21-11/h2-3,6,9-10H,4-5,7-8H2,1H3,(H2,15,20). The van der Waals surface area contributed by atoms with E-state index in [4.69, 9.17) is 18.0 Å². The number of aromatic nitrogens is 2. The Kier molecular flexibility index (Phi) is 5.46. The van der Waals surface area contributed by atoms with Gasteiger partial charge in [-0.2, -0.15) is 0 Å². The first-order valence-electron chi connectivity index (χ1n) is 6.65. The summed E-state index contributed by atoms with van der Waals surface area (Å²) in [5.41, 5.74) is 5.45. The van der Waals surface area contributed by atoms with Crippen molar-refractivity contribution in [2.24, 2.45) is 5.73 Å². The zero-order valence-electron chi connectivity index (χ0n) is 11.9. The topological polar surface area (TPSA) is 64.2 Å². The number of hydrogen-bond donors (Lipinski definition) is 1. The van der Waals surface area contributed by atoms with E-state index in [9.17, 15) is 4.79 Å². The number of nitrogens with zero attached hydrogens (tertiary/aromatic N) is 3. The largest absolute Gasteiger partial charge is 0.393 e. The summed E-state index contributed by atoms with van der Waals surface area (Å²) < 4.78 is 2.01. The van der Waals surface area contributed by atoms with Gasteiger partial charge in [0.2, 0.25) is 5.91 Å². The quantitative estimate of drug-likeness (QED) is 0.793. The maximum atomic E-state index is 12.1. The van der Waals surface area contributed by atoms with Gasteiger partial charge >= 0.3 is 0 Å². The van der Waals surface area contributed by atoms with E-state index in [0.717, 1.165) is 10.7 Å². The van der Waals surface area contributed by atoms with E-state index in [1.165, 1.54) is 0 Å². The zero-order chi connectivity index (χ0) is 15.2. The molecular formula is C14H18N4OS2. The second-order valence-electron chi connectivity index (χ2n) is 4.70. The third-order valence-electron chi connectivity index (χ3n) is 3.14. The highest BCUT2D eigenvalue weighted by Crippen LogP contribution is 2.22. The number of imidazole rings is 1. The summed E-state index contributed by atoms with van der Waals surface area (Å²) in [7, 11) is 1.77. The number of aryl methyl sites for hydroxylation is 1. The Morgan fingerprint density at radius 2 is 2.33 bits per heavy atom. The van der Waals surface area contributed by atoms with Gasteiger partial charge in [-0.25, -0.2) is 4.98 Å². The maximum absolute atomic E-state index is 12.1. The molecule has 5 nitrogen and oxygen atoms in total. The Balaban J connectivity index is 1.90. The number of hydrogen-bond acceptors (Lipinski definition) is 4. The molecule has 0 radical (unpaired) electrons. The molecule has 2 aromatic rings. The van der Waals surface area contributed by atoms with Crippen LogP contribution in [-0.4, -0.2) is 38.9 Å². The molecule has 0 aliphatic heterocycles. The molecule has 1 amide bonds. The Labute approximate surface area is 133 Å². The van der Waals surface area contributed by atoms with E-state index >= 15 is 0 Å². The van der Waals surface area contributed by atoms with E-state index in [1.807, 2.05) is 28.3 Å². The van der Waals surface area contributed by atoms with Crippen molar-refractivity contribution < 1.29 is 4.79 Å². The molecule has 2 rings (SSSR count). The van der Waals surface area contributed by atoms with Crippen molar-refractivity contribution in [1.82, 2.24) is 14.5 Å². The molecule has 0 bridgehead atoms. The number of thiocarbonyl (C=S) groups is 1. The molecule has 7 heteroatoms. The summed E-state index contributed by atoms with van der Waals surface area (Å²) >= 11 is 6.46. The van der Waals surface area contributed by atoms with Crippen molar-refractivity contribution in [3.05, 3.63) is 29.9 Å². The van der Waals surface area contributed by atoms with E-state index in [2.05, 4.69) is 4.98 Å². The molecular weight excluding hydrogens is 304 g/mol. The first-order chi connectivity index (χ1) is 10.1. The summed E-state index contributed by atoms with van der Waals surface area (Å²) in [6.07, 6.45) is 4.65. The van der Waals surface area contributed by atoms with Crippen LogP contribution in [0.15, 0.2) is 29.9 Å². The van der Waals surface area contributed by atoms with E-state index in [0.29, 0.717) is 30.9 Å². The van der Waals surface area contributed by atoms with E-state index < -0.39 is 0 Å². The fourth-order valence-corrected chi connectivity index (χ4v) is 2.76. The minimum absolute atomic E-state index is 0.0806. The molecule has 112 valence electrons. The van der Waals surface area contributed by atoms with Gasteiger partial charge in [0.1, 0.15) is 5.82 Å². The minimum atomic E-state index is 0.0806. The third kappa shape index (κ3) is 4.37. The number of thiophene rings is 1. The van der Waals surface area contributed by atoms with Crippen LogP contribution < -0.4 is 5.73 Å². The predicted octanol–water partition coefficient (Wildman–Crippen LogP) is 2.14. The SMILES string of the molecule is CN(CCC(N)=S)C(=O)CCn1ccnc1-c1cccs1. The number of carbonyl (C=O) groups excluding carboxylic acids is 1. The molecule has 0 aromatic carbocycles. The molecule has 2 aromatic heterocycles. The van der Waals surface area contributed by atoms with E-state index in [1.54, 1.807) is 29.5 Å². The van der Waals surface area contributed by atoms with Crippen LogP contribution in [0.25, 0.3) is 10.7 Å². The first kappa shape index (κ1) is 15.7. The lowest BCUT2D eigenvalue weighted by Crippen LogP contribution is -2.30. The molecule has 0 unspecified atom stereocenters. The normalized spacial score (nSPS) is 10.5. The van der Waals surface area contributed by atoms with Crippen LogP contribution in [0.4, 0.5) is 0 Å². The molecule has 0 fully saturated rings. The Morgan fingerprint density at radius 1 is 1.52 bits per heavy atom. The fraction of sp³-hybridized carbons (Fsp3) is 0.357. The van der Waals surface area contributed by atoms with Gasteiger partial charge in [0.25, 0.3) is 0 Å². The Bertz CT molecular complexity index is 606. The average molecular weight is 322 g/mol. The molecule has 0 aliphatic rings. The minimum Gasteiger partial charge on any atom is -0.393 e. The number of carbonyl (C=O) groups is 1. The van der Waals surface area contributed by atoms with Gasteiger partial charge in [0, 0.05) is 45.4 Å². The molecule has 0 spiro atoms. The van der Waals surface area contributed by atoms with Gasteiger partial charge < -0.3 is 15.2 Å². The van der Waals surface area contributed by atoms with E-state index in [-0.39, 0.29) is 5.91 Å². The van der Waals surface area contributed by atoms with Crippen LogP contribution in [0.5, 0.6) is 0 Å². The van der Waals surface area contributed by atoms with Gasteiger partial charge in [0.15, 0.2) is 0 Å². The molecule has 0 atom stereocenters. The van der Waals surface area contributed by atoms with Gasteiger partial charge in [-0.15, -0.1) is 11.3 Å². The lowest BCUT2D eigenvalue weighted by Gasteiger charge is -2.17. The zero-order valence-corrected chi connectivity index (χ0v) is 13.5.